The Hall–Kier alpha value is -2.38. The minimum Gasteiger partial charge on any atom is -0.494 e. The molecule has 0 saturated carbocycles. The summed E-state index contributed by atoms with van der Waals surface area (Å²) in [5.41, 5.74) is 7.97. The molecule has 2 aromatic carbocycles. The average Bonchev–Trinajstić information content (AvgIpc) is 2.64. The van der Waals surface area contributed by atoms with Gasteiger partial charge in [0.25, 0.3) is 0 Å². The molecule has 0 aliphatic heterocycles. The lowest BCUT2D eigenvalue weighted by Gasteiger charge is -2.21. The second-order valence-electron chi connectivity index (χ2n) is 6.59. The molecule has 0 spiro atoms. The second kappa shape index (κ2) is 9.01. The molecule has 2 N–H and O–H groups in total. The fraction of sp³-hybridized carbons (Fsp3) is 0.350. The van der Waals surface area contributed by atoms with Crippen LogP contribution < -0.4 is 10.5 Å². The molecule has 2 aromatic rings. The van der Waals surface area contributed by atoms with E-state index < -0.39 is 15.9 Å². The fourth-order valence-electron chi connectivity index (χ4n) is 2.54. The van der Waals surface area contributed by atoms with Crippen LogP contribution in [0.5, 0.6) is 5.75 Å². The van der Waals surface area contributed by atoms with Gasteiger partial charge in [-0.1, -0.05) is 29.8 Å². The molecule has 0 saturated heterocycles. The first-order valence-electron chi connectivity index (χ1n) is 8.68. The van der Waals surface area contributed by atoms with Crippen LogP contribution in [0.15, 0.2) is 53.4 Å². The topological polar surface area (TPSA) is 89.7 Å². The molecule has 0 heterocycles. The first kappa shape index (κ1) is 20.9. The minimum absolute atomic E-state index is 0.142. The lowest BCUT2D eigenvalue weighted by Crippen LogP contribution is -2.36. The minimum atomic E-state index is -3.21. The maximum atomic E-state index is 12.4. The van der Waals surface area contributed by atoms with Crippen molar-refractivity contribution in [2.45, 2.75) is 24.3 Å². The fourth-order valence-corrected chi connectivity index (χ4v) is 3.17. The summed E-state index contributed by atoms with van der Waals surface area (Å²) in [7, 11) is -1.49. The Balaban J connectivity index is 1.79. The number of ether oxygens (including phenoxy) is 1. The highest BCUT2D eigenvalue weighted by Crippen LogP contribution is 2.16. The summed E-state index contributed by atoms with van der Waals surface area (Å²) in [6.07, 6.45) is 1.80. The van der Waals surface area contributed by atoms with Gasteiger partial charge in [0.05, 0.1) is 11.5 Å². The zero-order valence-electron chi connectivity index (χ0n) is 15.9. The summed E-state index contributed by atoms with van der Waals surface area (Å²) < 4.78 is 28.5. The van der Waals surface area contributed by atoms with Crippen LogP contribution in [-0.4, -0.2) is 45.7 Å². The van der Waals surface area contributed by atoms with Gasteiger partial charge in [0.1, 0.15) is 11.8 Å². The predicted molar refractivity (Wildman–Crippen MR) is 105 cm³/mol. The van der Waals surface area contributed by atoms with Crippen molar-refractivity contribution in [2.24, 2.45) is 5.73 Å². The number of hydrogen-bond donors (Lipinski definition) is 1. The molecular weight excluding hydrogens is 364 g/mol. The van der Waals surface area contributed by atoms with Gasteiger partial charge in [-0.2, -0.15) is 0 Å². The second-order valence-corrected chi connectivity index (χ2v) is 8.61. The smallest absolute Gasteiger partial charge is 0.243 e. The number of rotatable bonds is 8. The predicted octanol–water partition coefficient (Wildman–Crippen LogP) is 2.33. The first-order valence-corrected chi connectivity index (χ1v) is 10.6. The molecule has 27 heavy (non-hydrogen) atoms. The van der Waals surface area contributed by atoms with E-state index in [9.17, 15) is 13.2 Å². The normalized spacial score (nSPS) is 12.4. The highest BCUT2D eigenvalue weighted by Gasteiger charge is 2.19. The molecule has 0 fully saturated rings. The zero-order valence-corrected chi connectivity index (χ0v) is 16.7. The van der Waals surface area contributed by atoms with Crippen molar-refractivity contribution in [3.8, 4) is 5.75 Å². The number of aryl methyl sites for hydroxylation is 1. The maximum Gasteiger partial charge on any atom is 0.243 e. The maximum absolute atomic E-state index is 12.4. The van der Waals surface area contributed by atoms with Crippen LogP contribution in [0.25, 0.3) is 0 Å². The highest BCUT2D eigenvalue weighted by atomic mass is 32.2. The summed E-state index contributed by atoms with van der Waals surface area (Å²) in [4.78, 5) is 14.3. The van der Waals surface area contributed by atoms with Gasteiger partial charge in [0.15, 0.2) is 9.84 Å². The van der Waals surface area contributed by atoms with Gasteiger partial charge in [0, 0.05) is 19.8 Å². The van der Waals surface area contributed by atoms with Crippen LogP contribution in [0, 0.1) is 6.92 Å². The van der Waals surface area contributed by atoms with E-state index in [2.05, 4.69) is 0 Å². The molecule has 6 nitrogen and oxygen atoms in total. The molecule has 0 aliphatic carbocycles. The Kier molecular flexibility index (Phi) is 6.98. The number of hydrogen-bond acceptors (Lipinski definition) is 5. The van der Waals surface area contributed by atoms with E-state index in [1.165, 1.54) is 12.1 Å². The van der Waals surface area contributed by atoms with E-state index in [0.717, 1.165) is 17.4 Å². The van der Waals surface area contributed by atoms with Crippen molar-refractivity contribution in [1.82, 2.24) is 4.90 Å². The van der Waals surface area contributed by atoms with E-state index in [-0.39, 0.29) is 10.8 Å². The van der Waals surface area contributed by atoms with E-state index in [4.69, 9.17) is 10.5 Å². The van der Waals surface area contributed by atoms with Crippen molar-refractivity contribution in [3.63, 3.8) is 0 Å². The zero-order chi connectivity index (χ0) is 20.0. The Bertz CT molecular complexity index is 862. The van der Waals surface area contributed by atoms with Crippen LogP contribution in [0.4, 0.5) is 0 Å². The molecule has 146 valence electrons. The quantitative estimate of drug-likeness (QED) is 0.699. The van der Waals surface area contributed by atoms with Gasteiger partial charge in [-0.25, -0.2) is 8.42 Å². The molecule has 0 radical (unpaired) electrons. The number of sulfone groups is 1. The van der Waals surface area contributed by atoms with Gasteiger partial charge in [-0.3, -0.25) is 4.79 Å². The molecule has 1 unspecified atom stereocenters. The number of benzene rings is 2. The highest BCUT2D eigenvalue weighted by molar-refractivity contribution is 7.90. The van der Waals surface area contributed by atoms with Crippen molar-refractivity contribution in [2.75, 3.05) is 26.5 Å². The molecule has 1 atom stereocenters. The van der Waals surface area contributed by atoms with Gasteiger partial charge >= 0.3 is 0 Å². The largest absolute Gasteiger partial charge is 0.494 e. The summed E-state index contributed by atoms with van der Waals surface area (Å²) in [6, 6.07) is 13.2. The monoisotopic (exact) mass is 390 g/mol. The number of carbonyl (C=O) groups is 1. The molecule has 7 heteroatoms. The Morgan fingerprint density at radius 3 is 2.26 bits per heavy atom. The third-order valence-electron chi connectivity index (χ3n) is 4.24. The molecule has 2 rings (SSSR count). The van der Waals surface area contributed by atoms with E-state index >= 15 is 0 Å². The van der Waals surface area contributed by atoms with Crippen molar-refractivity contribution < 1.29 is 17.9 Å². The van der Waals surface area contributed by atoms with Crippen LogP contribution in [0.3, 0.4) is 0 Å². The Labute approximate surface area is 160 Å². The standard InChI is InChI=1S/C20H26N2O4S/c1-15-5-7-16(8-6-15)19(21)20(23)22(2)13-4-14-26-17-9-11-18(12-10-17)27(3,24)25/h5-12,19H,4,13-14,21H2,1-3H3. The number of amides is 1. The van der Waals surface area contributed by atoms with E-state index in [1.54, 1.807) is 24.1 Å². The van der Waals surface area contributed by atoms with Gasteiger partial charge in [0.2, 0.25) is 5.91 Å². The molecule has 1 amide bonds. The van der Waals surface area contributed by atoms with Crippen molar-refractivity contribution in [3.05, 3.63) is 59.7 Å². The SMILES string of the molecule is Cc1ccc(C(N)C(=O)N(C)CCCOc2ccc(S(C)(=O)=O)cc2)cc1. The van der Waals surface area contributed by atoms with Crippen molar-refractivity contribution >= 4 is 15.7 Å². The summed E-state index contributed by atoms with van der Waals surface area (Å²) >= 11 is 0. The van der Waals surface area contributed by atoms with Crippen LogP contribution >= 0.6 is 0 Å². The average molecular weight is 391 g/mol. The molecule has 0 aromatic heterocycles. The molecular formula is C20H26N2O4S. The van der Waals surface area contributed by atoms with Gasteiger partial charge in [-0.15, -0.1) is 0 Å². The van der Waals surface area contributed by atoms with Crippen LogP contribution in [0.1, 0.15) is 23.6 Å². The Morgan fingerprint density at radius 1 is 1.11 bits per heavy atom. The third-order valence-corrected chi connectivity index (χ3v) is 5.37. The first-order chi connectivity index (χ1) is 12.7. The summed E-state index contributed by atoms with van der Waals surface area (Å²) in [5, 5.41) is 0. The number of nitrogens with two attached hydrogens (primary N) is 1. The number of carbonyl (C=O) groups excluding carboxylic acids is 1. The lowest BCUT2D eigenvalue weighted by atomic mass is 10.0. The summed E-state index contributed by atoms with van der Waals surface area (Å²) in [6.45, 7) is 2.91. The van der Waals surface area contributed by atoms with Crippen LogP contribution in [-0.2, 0) is 14.6 Å². The number of likely N-dealkylation sites (N-methyl/N-ethyl adjacent to an activating group) is 1. The van der Waals surface area contributed by atoms with Crippen LogP contribution in [0.2, 0.25) is 0 Å². The van der Waals surface area contributed by atoms with E-state index in [1.807, 2.05) is 31.2 Å². The van der Waals surface area contributed by atoms with Crippen molar-refractivity contribution in [1.29, 1.82) is 0 Å². The summed E-state index contributed by atoms with van der Waals surface area (Å²) in [5.74, 6) is 0.448. The van der Waals surface area contributed by atoms with Gasteiger partial charge < -0.3 is 15.4 Å². The Morgan fingerprint density at radius 2 is 1.70 bits per heavy atom. The number of nitrogens with zero attached hydrogens (tertiary/aromatic N) is 1. The molecule has 0 bridgehead atoms. The molecule has 0 aliphatic rings. The third kappa shape index (κ3) is 6.08. The van der Waals surface area contributed by atoms with Gasteiger partial charge in [-0.05, 0) is 43.2 Å². The lowest BCUT2D eigenvalue weighted by molar-refractivity contribution is -0.131. The van der Waals surface area contributed by atoms with E-state index in [0.29, 0.717) is 25.3 Å².